The summed E-state index contributed by atoms with van der Waals surface area (Å²) in [7, 11) is 1.33. The van der Waals surface area contributed by atoms with Crippen molar-refractivity contribution in [3.8, 4) is 0 Å². The number of hydrogen-bond acceptors (Lipinski definition) is 8. The summed E-state index contributed by atoms with van der Waals surface area (Å²) in [6.45, 7) is 19.2. The number of methoxy groups -OCH3 is 1. The van der Waals surface area contributed by atoms with E-state index in [4.69, 9.17) is 24.8 Å². The fourth-order valence-corrected chi connectivity index (χ4v) is 1.19. The third-order valence-electron chi connectivity index (χ3n) is 3.24. The van der Waals surface area contributed by atoms with E-state index in [2.05, 4.69) is 31.1 Å². The summed E-state index contributed by atoms with van der Waals surface area (Å²) < 4.78 is 13.9. The maximum absolute atomic E-state index is 10.7. The summed E-state index contributed by atoms with van der Waals surface area (Å²) in [5.74, 6) is -2.57. The zero-order valence-corrected chi connectivity index (χ0v) is 19.8. The van der Waals surface area contributed by atoms with E-state index in [0.717, 1.165) is 0 Å². The lowest BCUT2D eigenvalue weighted by molar-refractivity contribution is -0.139. The van der Waals surface area contributed by atoms with E-state index < -0.39 is 11.9 Å². The average molecular weight is 473 g/mol. The minimum Gasteiger partial charge on any atom is -0.478 e. The molecule has 0 amide bonds. The van der Waals surface area contributed by atoms with Gasteiger partial charge in [-0.05, 0) is 40.0 Å². The molecule has 10 nitrogen and oxygen atoms in total. The molecule has 0 spiro atoms. The molecule has 1 saturated heterocycles. The van der Waals surface area contributed by atoms with Gasteiger partial charge in [0.25, 0.3) is 0 Å². The molecule has 0 aliphatic carbocycles. The average Bonchev–Trinajstić information content (AvgIpc) is 3.57. The third kappa shape index (κ3) is 26.7. The van der Waals surface area contributed by atoms with Crippen LogP contribution >= 0.6 is 0 Å². The Labute approximate surface area is 194 Å². The maximum Gasteiger partial charge on any atom is 0.333 e. The van der Waals surface area contributed by atoms with Crippen LogP contribution in [0.4, 0.5) is 0 Å². The standard InChI is InChI=1S/C7H10O3.C7H12O3.C5H8O2.C4H6O2/c1-5(2)7(8)10-4-6-3-9-6;1-6(7(9)10)4-2-3-5-8;1-4(2)5(6)7-3;1-3(2)4(5)6/h6H,1,3-4H2,2H3;8H,1-5H2,(H,9,10);1H2,2-3H3;1H2,2H3,(H,5,6). The highest BCUT2D eigenvalue weighted by atomic mass is 16.6. The van der Waals surface area contributed by atoms with Gasteiger partial charge in [-0.25, -0.2) is 19.2 Å². The highest BCUT2D eigenvalue weighted by Gasteiger charge is 2.24. The summed E-state index contributed by atoms with van der Waals surface area (Å²) in [6, 6.07) is 0. The molecule has 1 fully saturated rings. The van der Waals surface area contributed by atoms with Crippen LogP contribution in [-0.4, -0.2) is 72.2 Å². The van der Waals surface area contributed by atoms with Crippen molar-refractivity contribution in [3.63, 3.8) is 0 Å². The normalized spacial score (nSPS) is 12.5. The first kappa shape index (κ1) is 34.4. The Morgan fingerprint density at radius 3 is 1.58 bits per heavy atom. The number of epoxide rings is 1. The van der Waals surface area contributed by atoms with Crippen LogP contribution in [0.5, 0.6) is 0 Å². The van der Waals surface area contributed by atoms with Gasteiger partial charge >= 0.3 is 23.9 Å². The summed E-state index contributed by atoms with van der Waals surface area (Å²) in [5.41, 5.74) is 1.26. The summed E-state index contributed by atoms with van der Waals surface area (Å²) in [5, 5.41) is 24.6. The van der Waals surface area contributed by atoms with Gasteiger partial charge < -0.3 is 29.5 Å². The summed E-state index contributed by atoms with van der Waals surface area (Å²) >= 11 is 0. The molecule has 0 aromatic heterocycles. The number of carbonyl (C=O) groups is 4. The van der Waals surface area contributed by atoms with E-state index in [-0.39, 0.29) is 35.8 Å². The zero-order chi connectivity index (χ0) is 26.6. The Kier molecular flexibility index (Phi) is 21.5. The Morgan fingerprint density at radius 2 is 1.33 bits per heavy atom. The van der Waals surface area contributed by atoms with Crippen molar-refractivity contribution >= 4 is 23.9 Å². The van der Waals surface area contributed by atoms with Gasteiger partial charge in [-0.1, -0.05) is 26.3 Å². The van der Waals surface area contributed by atoms with Gasteiger partial charge in [0.05, 0.1) is 13.7 Å². The second kappa shape index (κ2) is 20.7. The van der Waals surface area contributed by atoms with E-state index in [1.54, 1.807) is 13.8 Å². The first-order valence-electron chi connectivity index (χ1n) is 9.79. The molecule has 1 rings (SSSR count). The van der Waals surface area contributed by atoms with E-state index in [9.17, 15) is 19.2 Å². The molecule has 0 aromatic rings. The van der Waals surface area contributed by atoms with Crippen LogP contribution in [0.1, 0.15) is 40.0 Å². The minimum atomic E-state index is -0.946. The molecule has 1 atom stereocenters. The quantitative estimate of drug-likeness (QED) is 0.187. The molecule has 1 unspecified atom stereocenters. The highest BCUT2D eigenvalue weighted by molar-refractivity contribution is 5.87. The Bertz CT molecular complexity index is 690. The van der Waals surface area contributed by atoms with Crippen LogP contribution < -0.4 is 0 Å². The number of carbonyl (C=O) groups excluding carboxylic acids is 2. The lowest BCUT2D eigenvalue weighted by Crippen LogP contribution is -2.09. The molecule has 0 bridgehead atoms. The van der Waals surface area contributed by atoms with Crippen LogP contribution in [-0.2, 0) is 33.4 Å². The third-order valence-corrected chi connectivity index (χ3v) is 3.24. The number of aliphatic carboxylic acids is 2. The van der Waals surface area contributed by atoms with Crippen molar-refractivity contribution in [1.29, 1.82) is 0 Å². The van der Waals surface area contributed by atoms with Crippen LogP contribution in [0.3, 0.4) is 0 Å². The molecular weight excluding hydrogens is 436 g/mol. The molecule has 1 aliphatic rings. The van der Waals surface area contributed by atoms with E-state index in [0.29, 0.717) is 43.6 Å². The number of unbranched alkanes of at least 4 members (excludes halogenated alkanes) is 1. The van der Waals surface area contributed by atoms with Crippen molar-refractivity contribution in [3.05, 3.63) is 48.6 Å². The lowest BCUT2D eigenvalue weighted by Gasteiger charge is -1.99. The number of carboxylic acids is 2. The van der Waals surface area contributed by atoms with Crippen molar-refractivity contribution in [2.75, 3.05) is 26.9 Å². The van der Waals surface area contributed by atoms with Crippen molar-refractivity contribution in [1.82, 2.24) is 0 Å². The highest BCUT2D eigenvalue weighted by Crippen LogP contribution is 2.09. The molecular formula is C23H36O10. The first-order valence-corrected chi connectivity index (χ1v) is 9.79. The van der Waals surface area contributed by atoms with E-state index in [1.165, 1.54) is 14.0 Å². The molecule has 0 saturated carbocycles. The number of ether oxygens (including phenoxy) is 3. The van der Waals surface area contributed by atoms with Crippen LogP contribution in [0.25, 0.3) is 0 Å². The number of rotatable bonds is 10. The number of carboxylic acid groups (broad SMARTS) is 2. The molecule has 1 aliphatic heterocycles. The van der Waals surface area contributed by atoms with Gasteiger partial charge in [0, 0.05) is 28.9 Å². The molecule has 0 radical (unpaired) electrons. The number of aliphatic hydroxyl groups is 1. The van der Waals surface area contributed by atoms with Crippen LogP contribution in [0.15, 0.2) is 48.6 Å². The predicted molar refractivity (Wildman–Crippen MR) is 123 cm³/mol. The number of aliphatic hydroxyl groups excluding tert-OH is 1. The first-order chi connectivity index (χ1) is 15.2. The van der Waals surface area contributed by atoms with Gasteiger partial charge in [-0.15, -0.1) is 0 Å². The topological polar surface area (TPSA) is 160 Å². The molecule has 0 aromatic carbocycles. The number of hydrogen-bond donors (Lipinski definition) is 3. The van der Waals surface area contributed by atoms with E-state index in [1.807, 2.05) is 0 Å². The fourth-order valence-electron chi connectivity index (χ4n) is 1.19. The van der Waals surface area contributed by atoms with Gasteiger partial charge in [0.2, 0.25) is 0 Å². The van der Waals surface area contributed by atoms with Crippen molar-refractivity contribution in [2.45, 2.75) is 46.1 Å². The molecule has 188 valence electrons. The second-order valence-electron chi connectivity index (χ2n) is 6.78. The number of esters is 2. The SMILES string of the molecule is C=C(C)C(=O)O.C=C(C)C(=O)OC.C=C(C)C(=O)OCC1CO1.C=C(CCCCO)C(=O)O. The molecule has 10 heteroatoms. The van der Waals surface area contributed by atoms with Gasteiger partial charge in [0.1, 0.15) is 12.7 Å². The Morgan fingerprint density at radius 1 is 0.879 bits per heavy atom. The van der Waals surface area contributed by atoms with Gasteiger partial charge in [0.15, 0.2) is 0 Å². The largest absolute Gasteiger partial charge is 0.478 e. The second-order valence-corrected chi connectivity index (χ2v) is 6.78. The van der Waals surface area contributed by atoms with Gasteiger partial charge in [-0.3, -0.25) is 0 Å². The maximum atomic E-state index is 10.7. The Balaban J connectivity index is -0.000000373. The smallest absolute Gasteiger partial charge is 0.333 e. The van der Waals surface area contributed by atoms with Crippen LogP contribution in [0, 0.1) is 0 Å². The van der Waals surface area contributed by atoms with Gasteiger partial charge in [-0.2, -0.15) is 0 Å². The molecule has 1 heterocycles. The predicted octanol–water partition coefficient (Wildman–Crippen LogP) is 2.68. The zero-order valence-electron chi connectivity index (χ0n) is 19.8. The lowest BCUT2D eigenvalue weighted by atomic mass is 10.1. The summed E-state index contributed by atoms with van der Waals surface area (Å²) in [4.78, 5) is 40.6. The fraction of sp³-hybridized carbons (Fsp3) is 0.478. The Hall–Kier alpha value is -3.24. The summed E-state index contributed by atoms with van der Waals surface area (Å²) in [6.07, 6.45) is 1.95. The monoisotopic (exact) mass is 472 g/mol. The molecule has 3 N–H and O–H groups in total. The van der Waals surface area contributed by atoms with Crippen LogP contribution in [0.2, 0.25) is 0 Å². The van der Waals surface area contributed by atoms with Crippen molar-refractivity contribution in [2.24, 2.45) is 0 Å². The van der Waals surface area contributed by atoms with Crippen molar-refractivity contribution < 1.29 is 48.7 Å². The van der Waals surface area contributed by atoms with E-state index >= 15 is 0 Å². The molecule has 33 heavy (non-hydrogen) atoms. The minimum absolute atomic E-state index is 0.118.